The monoisotopic (exact) mass is 429 g/mol. The predicted molar refractivity (Wildman–Crippen MR) is 107 cm³/mol. The first kappa shape index (κ1) is 20.0. The van der Waals surface area contributed by atoms with Crippen molar-refractivity contribution in [3.05, 3.63) is 77.5 Å². The van der Waals surface area contributed by atoms with Crippen LogP contribution in [0.1, 0.15) is 26.3 Å². The summed E-state index contributed by atoms with van der Waals surface area (Å²) in [6, 6.07) is 12.5. The Bertz CT molecular complexity index is 1160. The standard InChI is InChI=1S/C21H14F3N3O2S/c1-27-16-8-7-14(11-17(16)30-19-15(20(27)29)6-3-9-25-19)26-18(28)12-4-2-5-13(10-12)21(22,23)24/h2-11H,1H3,(H,26,28). The van der Waals surface area contributed by atoms with Crippen LogP contribution in [0.4, 0.5) is 24.5 Å². The molecule has 30 heavy (non-hydrogen) atoms. The lowest BCUT2D eigenvalue weighted by Crippen LogP contribution is -2.26. The van der Waals surface area contributed by atoms with Crippen LogP contribution >= 0.6 is 11.8 Å². The number of hydrogen-bond donors (Lipinski definition) is 1. The number of aromatic nitrogens is 1. The number of nitrogens with zero attached hydrogens (tertiary/aromatic N) is 2. The highest BCUT2D eigenvalue weighted by molar-refractivity contribution is 7.99. The Balaban J connectivity index is 1.64. The van der Waals surface area contributed by atoms with E-state index in [2.05, 4.69) is 10.3 Å². The van der Waals surface area contributed by atoms with Gasteiger partial charge in [-0.05, 0) is 48.5 Å². The summed E-state index contributed by atoms with van der Waals surface area (Å²) in [6.45, 7) is 0. The van der Waals surface area contributed by atoms with Crippen LogP contribution < -0.4 is 10.2 Å². The number of hydrogen-bond acceptors (Lipinski definition) is 4. The molecule has 2 aromatic carbocycles. The van der Waals surface area contributed by atoms with Crippen molar-refractivity contribution in [3.8, 4) is 0 Å². The van der Waals surface area contributed by atoms with Crippen LogP contribution in [0.5, 0.6) is 0 Å². The summed E-state index contributed by atoms with van der Waals surface area (Å²) in [5, 5.41) is 3.15. The van der Waals surface area contributed by atoms with Gasteiger partial charge in [-0.15, -0.1) is 0 Å². The minimum Gasteiger partial charge on any atom is -0.322 e. The normalized spacial score (nSPS) is 13.3. The number of anilines is 2. The predicted octanol–water partition coefficient (Wildman–Crippen LogP) is 5.09. The van der Waals surface area contributed by atoms with Crippen molar-refractivity contribution in [1.82, 2.24) is 4.98 Å². The molecule has 1 aliphatic heterocycles. The number of nitrogens with one attached hydrogen (secondary N) is 1. The molecular formula is C21H14F3N3O2S. The van der Waals surface area contributed by atoms with Crippen LogP contribution in [0.2, 0.25) is 0 Å². The molecule has 5 nitrogen and oxygen atoms in total. The zero-order valence-electron chi connectivity index (χ0n) is 15.5. The van der Waals surface area contributed by atoms with E-state index < -0.39 is 17.6 Å². The van der Waals surface area contributed by atoms with Gasteiger partial charge in [0, 0.05) is 29.4 Å². The minimum absolute atomic E-state index is 0.105. The number of halogens is 3. The maximum atomic E-state index is 12.9. The molecule has 0 saturated carbocycles. The second-order valence-electron chi connectivity index (χ2n) is 6.54. The van der Waals surface area contributed by atoms with Crippen LogP contribution in [0, 0.1) is 0 Å². The molecule has 9 heteroatoms. The molecule has 2 heterocycles. The van der Waals surface area contributed by atoms with E-state index in [0.29, 0.717) is 26.9 Å². The molecule has 2 amide bonds. The maximum absolute atomic E-state index is 12.9. The summed E-state index contributed by atoms with van der Waals surface area (Å²) >= 11 is 1.28. The van der Waals surface area contributed by atoms with Crippen molar-refractivity contribution in [1.29, 1.82) is 0 Å². The third kappa shape index (κ3) is 3.76. The zero-order chi connectivity index (χ0) is 21.5. The Morgan fingerprint density at radius 2 is 1.90 bits per heavy atom. The largest absolute Gasteiger partial charge is 0.416 e. The van der Waals surface area contributed by atoms with Gasteiger partial charge in [-0.1, -0.05) is 17.8 Å². The molecular weight excluding hydrogens is 415 g/mol. The molecule has 152 valence electrons. The fourth-order valence-electron chi connectivity index (χ4n) is 3.02. The van der Waals surface area contributed by atoms with E-state index in [1.807, 2.05) is 0 Å². The average molecular weight is 429 g/mol. The number of alkyl halides is 3. The molecule has 3 aromatic rings. The van der Waals surface area contributed by atoms with Gasteiger partial charge in [-0.2, -0.15) is 13.2 Å². The van der Waals surface area contributed by atoms with E-state index in [0.717, 1.165) is 12.1 Å². The van der Waals surface area contributed by atoms with Crippen molar-refractivity contribution in [2.24, 2.45) is 0 Å². The number of fused-ring (bicyclic) bond motifs is 2. The Hall–Kier alpha value is -3.33. The van der Waals surface area contributed by atoms with Crippen molar-refractivity contribution in [2.75, 3.05) is 17.3 Å². The topological polar surface area (TPSA) is 62.3 Å². The fraction of sp³-hybridized carbons (Fsp3) is 0.0952. The highest BCUT2D eigenvalue weighted by Gasteiger charge is 2.31. The van der Waals surface area contributed by atoms with Crippen molar-refractivity contribution in [3.63, 3.8) is 0 Å². The van der Waals surface area contributed by atoms with Gasteiger partial charge < -0.3 is 10.2 Å². The lowest BCUT2D eigenvalue weighted by molar-refractivity contribution is -0.137. The van der Waals surface area contributed by atoms with Crippen molar-refractivity contribution < 1.29 is 22.8 Å². The van der Waals surface area contributed by atoms with Gasteiger partial charge in [0.05, 0.1) is 16.8 Å². The SMILES string of the molecule is CN1C(=O)c2cccnc2Sc2cc(NC(=O)c3cccc(C(F)(F)F)c3)ccc21. The fourth-order valence-corrected chi connectivity index (χ4v) is 4.10. The number of amides is 2. The van der Waals surface area contributed by atoms with Gasteiger partial charge in [-0.25, -0.2) is 4.98 Å². The van der Waals surface area contributed by atoms with Gasteiger partial charge in [0.2, 0.25) is 0 Å². The molecule has 0 atom stereocenters. The number of pyridine rings is 1. The first-order valence-corrected chi connectivity index (χ1v) is 9.59. The molecule has 0 fully saturated rings. The molecule has 0 saturated heterocycles. The number of carbonyl (C=O) groups is 2. The molecule has 1 aliphatic rings. The highest BCUT2D eigenvalue weighted by atomic mass is 32.2. The second-order valence-corrected chi connectivity index (χ2v) is 7.57. The van der Waals surface area contributed by atoms with Gasteiger partial charge in [-0.3, -0.25) is 9.59 Å². The number of carbonyl (C=O) groups excluding carboxylic acids is 2. The van der Waals surface area contributed by atoms with Crippen molar-refractivity contribution >= 4 is 35.0 Å². The van der Waals surface area contributed by atoms with E-state index in [1.54, 1.807) is 43.6 Å². The summed E-state index contributed by atoms with van der Waals surface area (Å²) in [6.07, 6.45) is -2.95. The van der Waals surface area contributed by atoms with Crippen LogP contribution in [0.25, 0.3) is 0 Å². The molecule has 0 aliphatic carbocycles. The van der Waals surface area contributed by atoms with E-state index in [4.69, 9.17) is 0 Å². The molecule has 0 unspecified atom stereocenters. The van der Waals surface area contributed by atoms with Crippen LogP contribution in [0.15, 0.2) is 70.7 Å². The van der Waals surface area contributed by atoms with Crippen LogP contribution in [-0.4, -0.2) is 23.8 Å². The summed E-state index contributed by atoms with van der Waals surface area (Å²) < 4.78 is 38.7. The first-order chi connectivity index (χ1) is 14.2. The number of benzene rings is 2. The summed E-state index contributed by atoms with van der Waals surface area (Å²) in [4.78, 5) is 31.6. The van der Waals surface area contributed by atoms with Gasteiger partial charge in [0.15, 0.2) is 0 Å². The highest BCUT2D eigenvalue weighted by Crippen LogP contribution is 2.41. The smallest absolute Gasteiger partial charge is 0.322 e. The molecule has 0 bridgehead atoms. The van der Waals surface area contributed by atoms with Crippen LogP contribution in [0.3, 0.4) is 0 Å². The van der Waals surface area contributed by atoms with E-state index >= 15 is 0 Å². The Labute approximate surface area is 173 Å². The first-order valence-electron chi connectivity index (χ1n) is 8.77. The second kappa shape index (κ2) is 7.49. The Morgan fingerprint density at radius 1 is 1.10 bits per heavy atom. The summed E-state index contributed by atoms with van der Waals surface area (Å²) in [5.74, 6) is -0.868. The van der Waals surface area contributed by atoms with E-state index in [-0.39, 0.29) is 11.5 Å². The molecule has 1 aromatic heterocycles. The minimum atomic E-state index is -4.53. The molecule has 0 spiro atoms. The lowest BCUT2D eigenvalue weighted by atomic mass is 10.1. The quantitative estimate of drug-likeness (QED) is 0.616. The third-order valence-electron chi connectivity index (χ3n) is 4.54. The van der Waals surface area contributed by atoms with Crippen LogP contribution in [-0.2, 0) is 6.18 Å². The Kier molecular flexibility index (Phi) is 4.98. The zero-order valence-corrected chi connectivity index (χ0v) is 16.3. The van der Waals surface area contributed by atoms with Gasteiger partial charge in [0.1, 0.15) is 5.03 Å². The summed E-state index contributed by atoms with van der Waals surface area (Å²) in [5.41, 5.74) is 0.502. The van der Waals surface area contributed by atoms with Gasteiger partial charge >= 0.3 is 6.18 Å². The lowest BCUT2D eigenvalue weighted by Gasteiger charge is -2.18. The average Bonchev–Trinajstić information content (AvgIpc) is 2.82. The number of rotatable bonds is 2. The molecule has 4 rings (SSSR count). The maximum Gasteiger partial charge on any atom is 0.416 e. The van der Waals surface area contributed by atoms with E-state index in [9.17, 15) is 22.8 Å². The molecule has 1 N–H and O–H groups in total. The van der Waals surface area contributed by atoms with Crippen molar-refractivity contribution in [2.45, 2.75) is 16.1 Å². The Morgan fingerprint density at radius 3 is 2.67 bits per heavy atom. The third-order valence-corrected chi connectivity index (χ3v) is 5.61. The van der Waals surface area contributed by atoms with E-state index in [1.165, 1.54) is 28.8 Å². The van der Waals surface area contributed by atoms with Gasteiger partial charge in [0.25, 0.3) is 11.8 Å². The summed E-state index contributed by atoms with van der Waals surface area (Å²) in [7, 11) is 1.64. The molecule has 0 radical (unpaired) electrons.